The largest absolute Gasteiger partial charge is 0.339 e. The van der Waals surface area contributed by atoms with Crippen LogP contribution in [0.25, 0.3) is 11.5 Å². The second kappa shape index (κ2) is 6.48. The number of aromatic amines is 1. The smallest absolute Gasteiger partial charge is 0.156 e. The first-order chi connectivity index (χ1) is 9.20. The number of pyridine rings is 1. The van der Waals surface area contributed by atoms with Crippen molar-refractivity contribution in [3.8, 4) is 11.5 Å². The number of nitrogens with one attached hydrogen (secondary N) is 2. The van der Waals surface area contributed by atoms with E-state index >= 15 is 0 Å². The average Bonchev–Trinajstić information content (AvgIpc) is 2.87. The Kier molecular flexibility index (Phi) is 4.68. The van der Waals surface area contributed by atoms with Gasteiger partial charge in [0.15, 0.2) is 5.82 Å². The van der Waals surface area contributed by atoms with Crippen LogP contribution >= 0.6 is 0 Å². The van der Waals surface area contributed by atoms with E-state index in [9.17, 15) is 0 Å². The summed E-state index contributed by atoms with van der Waals surface area (Å²) in [5.41, 5.74) is 3.28. The van der Waals surface area contributed by atoms with Gasteiger partial charge in [0.2, 0.25) is 0 Å². The predicted molar refractivity (Wildman–Crippen MR) is 77.7 cm³/mol. The second-order valence-electron chi connectivity index (χ2n) is 5.15. The molecule has 0 saturated heterocycles. The van der Waals surface area contributed by atoms with Crippen LogP contribution in [0.1, 0.15) is 32.0 Å². The lowest BCUT2D eigenvalue weighted by Gasteiger charge is -2.05. The lowest BCUT2D eigenvalue weighted by atomic mass is 10.1. The second-order valence-corrected chi connectivity index (χ2v) is 5.15. The van der Waals surface area contributed by atoms with E-state index < -0.39 is 0 Å². The van der Waals surface area contributed by atoms with Crippen molar-refractivity contribution in [2.24, 2.45) is 5.92 Å². The first-order valence-electron chi connectivity index (χ1n) is 6.89. The highest BCUT2D eigenvalue weighted by atomic mass is 15.0. The molecule has 2 heterocycles. The molecule has 0 aliphatic rings. The molecule has 102 valence electrons. The van der Waals surface area contributed by atoms with Crippen molar-refractivity contribution >= 4 is 0 Å². The van der Waals surface area contributed by atoms with Crippen LogP contribution in [0.2, 0.25) is 0 Å². The SMILES string of the molecule is CCc1cccnc1-c1ncc(CNCC(C)C)[nH]1. The Hall–Kier alpha value is -1.68. The van der Waals surface area contributed by atoms with Crippen LogP contribution in [-0.4, -0.2) is 21.5 Å². The minimum Gasteiger partial charge on any atom is -0.339 e. The van der Waals surface area contributed by atoms with E-state index in [0.29, 0.717) is 5.92 Å². The Morgan fingerprint density at radius 1 is 1.32 bits per heavy atom. The molecule has 19 heavy (non-hydrogen) atoms. The van der Waals surface area contributed by atoms with Crippen molar-refractivity contribution in [3.05, 3.63) is 35.8 Å². The Balaban J connectivity index is 2.08. The monoisotopic (exact) mass is 258 g/mol. The summed E-state index contributed by atoms with van der Waals surface area (Å²) in [5.74, 6) is 1.52. The quantitative estimate of drug-likeness (QED) is 0.837. The Labute approximate surface area is 114 Å². The van der Waals surface area contributed by atoms with Gasteiger partial charge in [-0.2, -0.15) is 0 Å². The van der Waals surface area contributed by atoms with Gasteiger partial charge in [-0.3, -0.25) is 4.98 Å². The number of hydrogen-bond donors (Lipinski definition) is 2. The minimum atomic E-state index is 0.657. The van der Waals surface area contributed by atoms with Crippen molar-refractivity contribution in [1.29, 1.82) is 0 Å². The van der Waals surface area contributed by atoms with Crippen LogP contribution < -0.4 is 5.32 Å². The van der Waals surface area contributed by atoms with Crippen molar-refractivity contribution in [3.63, 3.8) is 0 Å². The summed E-state index contributed by atoms with van der Waals surface area (Å²) in [6, 6.07) is 4.07. The predicted octanol–water partition coefficient (Wildman–Crippen LogP) is 2.78. The number of hydrogen-bond acceptors (Lipinski definition) is 3. The molecule has 0 fully saturated rings. The zero-order valence-corrected chi connectivity index (χ0v) is 11.9. The summed E-state index contributed by atoms with van der Waals surface area (Å²) < 4.78 is 0. The summed E-state index contributed by atoms with van der Waals surface area (Å²) in [6.45, 7) is 8.37. The van der Waals surface area contributed by atoms with E-state index in [1.54, 1.807) is 0 Å². The van der Waals surface area contributed by atoms with Crippen LogP contribution in [0.5, 0.6) is 0 Å². The summed E-state index contributed by atoms with van der Waals surface area (Å²) >= 11 is 0. The lowest BCUT2D eigenvalue weighted by molar-refractivity contribution is 0.549. The molecule has 0 aliphatic carbocycles. The van der Waals surface area contributed by atoms with Crippen LogP contribution in [0.3, 0.4) is 0 Å². The summed E-state index contributed by atoms with van der Waals surface area (Å²) in [6.07, 6.45) is 4.66. The molecule has 0 bridgehead atoms. The van der Waals surface area contributed by atoms with Gasteiger partial charge < -0.3 is 10.3 Å². The number of imidazole rings is 1. The van der Waals surface area contributed by atoms with Gasteiger partial charge in [0.1, 0.15) is 5.69 Å². The molecule has 2 N–H and O–H groups in total. The van der Waals surface area contributed by atoms with Crippen LogP contribution in [0.4, 0.5) is 0 Å². The van der Waals surface area contributed by atoms with E-state index in [0.717, 1.165) is 36.7 Å². The highest BCUT2D eigenvalue weighted by Gasteiger charge is 2.08. The van der Waals surface area contributed by atoms with E-state index in [2.05, 4.69) is 47.1 Å². The maximum atomic E-state index is 4.43. The fourth-order valence-corrected chi connectivity index (χ4v) is 2.00. The van der Waals surface area contributed by atoms with E-state index in [1.165, 1.54) is 5.56 Å². The third-order valence-electron chi connectivity index (χ3n) is 2.99. The Bertz CT molecular complexity index is 516. The molecule has 2 aromatic heterocycles. The topological polar surface area (TPSA) is 53.6 Å². The summed E-state index contributed by atoms with van der Waals surface area (Å²) in [5, 5.41) is 3.40. The molecule has 2 aromatic rings. The summed E-state index contributed by atoms with van der Waals surface area (Å²) in [7, 11) is 0. The van der Waals surface area contributed by atoms with Crippen LogP contribution in [-0.2, 0) is 13.0 Å². The van der Waals surface area contributed by atoms with E-state index in [4.69, 9.17) is 0 Å². The molecule has 0 spiro atoms. The van der Waals surface area contributed by atoms with Gasteiger partial charge >= 0.3 is 0 Å². The molecular weight excluding hydrogens is 236 g/mol. The number of H-pyrrole nitrogens is 1. The van der Waals surface area contributed by atoms with Crippen LogP contribution in [0.15, 0.2) is 24.5 Å². The molecule has 0 radical (unpaired) electrons. The molecular formula is C15H22N4. The van der Waals surface area contributed by atoms with Gasteiger partial charge in [-0.15, -0.1) is 0 Å². The number of rotatable bonds is 6. The Morgan fingerprint density at radius 3 is 2.89 bits per heavy atom. The van der Waals surface area contributed by atoms with Gasteiger partial charge in [-0.25, -0.2) is 4.98 Å². The number of nitrogens with zero attached hydrogens (tertiary/aromatic N) is 2. The molecule has 0 saturated carbocycles. The standard InChI is InChI=1S/C15H22N4/c1-4-12-6-5-7-17-14(12)15-18-10-13(19-15)9-16-8-11(2)3/h5-7,10-11,16H,4,8-9H2,1-3H3,(H,18,19). The van der Waals surface area contributed by atoms with Gasteiger partial charge in [0.25, 0.3) is 0 Å². The maximum absolute atomic E-state index is 4.43. The minimum absolute atomic E-state index is 0.657. The first-order valence-corrected chi connectivity index (χ1v) is 6.89. The van der Waals surface area contributed by atoms with Gasteiger partial charge in [-0.1, -0.05) is 26.8 Å². The molecule has 0 aromatic carbocycles. The molecule has 4 heteroatoms. The highest BCUT2D eigenvalue weighted by molar-refractivity contribution is 5.54. The molecule has 0 amide bonds. The van der Waals surface area contributed by atoms with E-state index in [-0.39, 0.29) is 0 Å². The van der Waals surface area contributed by atoms with Crippen molar-refractivity contribution < 1.29 is 0 Å². The van der Waals surface area contributed by atoms with Crippen molar-refractivity contribution in [2.75, 3.05) is 6.54 Å². The van der Waals surface area contributed by atoms with Crippen LogP contribution in [0, 0.1) is 5.92 Å². The number of aromatic nitrogens is 3. The molecule has 4 nitrogen and oxygen atoms in total. The van der Waals surface area contributed by atoms with Gasteiger partial charge in [0, 0.05) is 18.4 Å². The number of aryl methyl sites for hydroxylation is 1. The fraction of sp³-hybridized carbons (Fsp3) is 0.467. The van der Waals surface area contributed by atoms with Crippen molar-refractivity contribution in [2.45, 2.75) is 33.7 Å². The zero-order valence-electron chi connectivity index (χ0n) is 11.9. The Morgan fingerprint density at radius 2 is 2.16 bits per heavy atom. The highest BCUT2D eigenvalue weighted by Crippen LogP contribution is 2.18. The lowest BCUT2D eigenvalue weighted by Crippen LogP contribution is -2.19. The molecule has 2 rings (SSSR count). The molecule has 0 unspecified atom stereocenters. The molecule has 0 atom stereocenters. The fourth-order valence-electron chi connectivity index (χ4n) is 2.00. The third kappa shape index (κ3) is 3.64. The third-order valence-corrected chi connectivity index (χ3v) is 2.99. The normalized spacial score (nSPS) is 11.2. The van der Waals surface area contributed by atoms with Gasteiger partial charge in [0.05, 0.1) is 6.20 Å². The zero-order chi connectivity index (χ0) is 13.7. The first kappa shape index (κ1) is 13.7. The summed E-state index contributed by atoms with van der Waals surface area (Å²) in [4.78, 5) is 12.2. The van der Waals surface area contributed by atoms with Crippen molar-refractivity contribution in [1.82, 2.24) is 20.3 Å². The average molecular weight is 258 g/mol. The maximum Gasteiger partial charge on any atom is 0.156 e. The molecule has 0 aliphatic heterocycles. The van der Waals surface area contributed by atoms with E-state index in [1.807, 2.05) is 18.5 Å². The van der Waals surface area contributed by atoms with Gasteiger partial charge in [-0.05, 0) is 30.5 Å².